The maximum Gasteiger partial charge on any atom is 0.0658 e. The van der Waals surface area contributed by atoms with Gasteiger partial charge in [0.25, 0.3) is 0 Å². The lowest BCUT2D eigenvalue weighted by atomic mass is 10.4. The largest absolute Gasteiger partial charge is 0.198 e. The molecule has 0 N–H and O–H groups in total. The molecule has 0 unspecified atom stereocenters. The molecule has 32 valence electrons. The van der Waals surface area contributed by atoms with Gasteiger partial charge in [-0.3, -0.25) is 0 Å². The molecule has 1 aliphatic rings. The van der Waals surface area contributed by atoms with Gasteiger partial charge in [-0.2, -0.15) is 5.26 Å². The molecular weight excluding hydrogens is 74.1 g/mol. The summed E-state index contributed by atoms with van der Waals surface area (Å²) in [4.78, 5) is 0. The maximum atomic E-state index is 8.13. The zero-order valence-corrected chi connectivity index (χ0v) is 3.81. The third-order valence-electron chi connectivity index (χ3n) is 1.28. The third kappa shape index (κ3) is 0.386. The van der Waals surface area contributed by atoms with Gasteiger partial charge in [-0.1, -0.05) is 6.92 Å². The van der Waals surface area contributed by atoms with Crippen LogP contribution < -0.4 is 0 Å². The van der Waals surface area contributed by atoms with Crippen molar-refractivity contribution in [2.75, 3.05) is 0 Å². The second kappa shape index (κ2) is 0.975. The van der Waals surface area contributed by atoms with E-state index in [1.165, 1.54) is 0 Å². The first-order valence-electron chi connectivity index (χ1n) is 2.24. The summed E-state index contributed by atoms with van der Waals surface area (Å²) in [5.74, 6) is 1.11. The summed E-state index contributed by atoms with van der Waals surface area (Å²) in [5, 5.41) is 8.13. The molecule has 1 heteroatoms. The molecule has 0 bridgehead atoms. The molecular formula is C5H7N. The summed E-state index contributed by atoms with van der Waals surface area (Å²) < 4.78 is 0. The van der Waals surface area contributed by atoms with Crippen LogP contribution in [0, 0.1) is 23.2 Å². The highest BCUT2D eigenvalue weighted by Gasteiger charge is 2.31. The maximum absolute atomic E-state index is 8.13. The Morgan fingerprint density at radius 1 is 1.83 bits per heavy atom. The molecule has 1 aliphatic carbocycles. The first-order chi connectivity index (χ1) is 2.84. The van der Waals surface area contributed by atoms with E-state index < -0.39 is 0 Å². The molecule has 1 nitrogen and oxygen atoms in total. The lowest BCUT2D eigenvalue weighted by Crippen LogP contribution is -1.63. The average Bonchev–Trinajstić information content (AvgIpc) is 2.19. The first-order valence-corrected chi connectivity index (χ1v) is 2.24. The lowest BCUT2D eigenvalue weighted by Gasteiger charge is -1.64. The number of nitriles is 1. The Bertz CT molecular complexity index is 90.6. The van der Waals surface area contributed by atoms with Gasteiger partial charge in [0.05, 0.1) is 6.07 Å². The van der Waals surface area contributed by atoms with Gasteiger partial charge in [-0.25, -0.2) is 0 Å². The Kier molecular flexibility index (Phi) is 0.597. The zero-order valence-electron chi connectivity index (χ0n) is 3.81. The summed E-state index contributed by atoms with van der Waals surface area (Å²) in [6.45, 7) is 2.11. The highest BCUT2D eigenvalue weighted by molar-refractivity contribution is 4.98. The van der Waals surface area contributed by atoms with E-state index in [9.17, 15) is 0 Å². The van der Waals surface area contributed by atoms with Crippen LogP contribution in [0.2, 0.25) is 0 Å². The summed E-state index contributed by atoms with van der Waals surface area (Å²) >= 11 is 0. The van der Waals surface area contributed by atoms with Gasteiger partial charge < -0.3 is 0 Å². The summed E-state index contributed by atoms with van der Waals surface area (Å²) in [6, 6.07) is 2.19. The molecule has 0 aromatic carbocycles. The number of rotatable bonds is 0. The Morgan fingerprint density at radius 2 is 2.33 bits per heavy atom. The molecule has 6 heavy (non-hydrogen) atoms. The van der Waals surface area contributed by atoms with Gasteiger partial charge in [0.15, 0.2) is 0 Å². The Hall–Kier alpha value is -0.510. The fourth-order valence-electron chi connectivity index (χ4n) is 0.502. The van der Waals surface area contributed by atoms with Gasteiger partial charge in [0, 0.05) is 5.92 Å². The molecule has 2 atom stereocenters. The van der Waals surface area contributed by atoms with E-state index in [0.29, 0.717) is 11.8 Å². The molecule has 0 spiro atoms. The highest BCUT2D eigenvalue weighted by atomic mass is 14.4. The number of hydrogen-bond acceptors (Lipinski definition) is 1. The number of nitrogens with zero attached hydrogens (tertiary/aromatic N) is 1. The van der Waals surface area contributed by atoms with Gasteiger partial charge in [-0.15, -0.1) is 0 Å². The Morgan fingerprint density at radius 3 is 2.33 bits per heavy atom. The molecule has 1 rings (SSSR count). The van der Waals surface area contributed by atoms with E-state index in [1.807, 2.05) is 0 Å². The minimum atomic E-state index is 0.407. The van der Waals surface area contributed by atoms with Crippen LogP contribution in [0.15, 0.2) is 0 Å². The van der Waals surface area contributed by atoms with Crippen molar-refractivity contribution in [1.82, 2.24) is 0 Å². The minimum Gasteiger partial charge on any atom is -0.198 e. The number of hydrogen-bond donors (Lipinski definition) is 0. The van der Waals surface area contributed by atoms with Gasteiger partial charge in [-0.05, 0) is 12.3 Å². The fourth-order valence-corrected chi connectivity index (χ4v) is 0.502. The van der Waals surface area contributed by atoms with Crippen LogP contribution >= 0.6 is 0 Å². The van der Waals surface area contributed by atoms with Crippen LogP contribution in [-0.4, -0.2) is 0 Å². The average molecular weight is 81.1 g/mol. The van der Waals surface area contributed by atoms with Crippen LogP contribution in [0.5, 0.6) is 0 Å². The quantitative estimate of drug-likeness (QED) is 0.429. The Labute approximate surface area is 37.6 Å². The second-order valence-electron chi connectivity index (χ2n) is 1.95. The molecule has 0 radical (unpaired) electrons. The van der Waals surface area contributed by atoms with E-state index >= 15 is 0 Å². The van der Waals surface area contributed by atoms with Crippen LogP contribution in [-0.2, 0) is 0 Å². The molecule has 0 aromatic heterocycles. The molecule has 0 saturated heterocycles. The van der Waals surface area contributed by atoms with Crippen molar-refractivity contribution >= 4 is 0 Å². The van der Waals surface area contributed by atoms with Crippen LogP contribution in [0.4, 0.5) is 0 Å². The summed E-state index contributed by atoms with van der Waals surface area (Å²) in [6.07, 6.45) is 1.14. The second-order valence-corrected chi connectivity index (χ2v) is 1.95. The van der Waals surface area contributed by atoms with Crippen molar-refractivity contribution in [3.8, 4) is 6.07 Å². The smallest absolute Gasteiger partial charge is 0.0658 e. The van der Waals surface area contributed by atoms with E-state index in [-0.39, 0.29) is 0 Å². The minimum absolute atomic E-state index is 0.407. The van der Waals surface area contributed by atoms with E-state index in [1.54, 1.807) is 0 Å². The highest BCUT2D eigenvalue weighted by Crippen LogP contribution is 2.36. The van der Waals surface area contributed by atoms with Crippen molar-refractivity contribution in [2.24, 2.45) is 11.8 Å². The molecule has 0 heterocycles. The van der Waals surface area contributed by atoms with Crippen LogP contribution in [0.25, 0.3) is 0 Å². The Balaban J connectivity index is 2.31. The normalized spacial score (nSPS) is 41.3. The molecule has 1 fully saturated rings. The van der Waals surface area contributed by atoms with E-state index in [2.05, 4.69) is 13.0 Å². The third-order valence-corrected chi connectivity index (χ3v) is 1.28. The first kappa shape index (κ1) is 3.67. The molecule has 0 amide bonds. The lowest BCUT2D eigenvalue weighted by molar-refractivity contribution is 0.908. The molecule has 1 saturated carbocycles. The predicted molar refractivity (Wildman–Crippen MR) is 22.9 cm³/mol. The zero-order chi connectivity index (χ0) is 4.57. The SMILES string of the molecule is C[C@@H]1C[C@@H]1C#N. The summed E-state index contributed by atoms with van der Waals surface area (Å²) in [5.41, 5.74) is 0. The van der Waals surface area contributed by atoms with Crippen LogP contribution in [0.1, 0.15) is 13.3 Å². The van der Waals surface area contributed by atoms with Crippen molar-refractivity contribution in [3.05, 3.63) is 0 Å². The van der Waals surface area contributed by atoms with E-state index in [0.717, 1.165) is 6.42 Å². The fraction of sp³-hybridized carbons (Fsp3) is 0.800. The van der Waals surface area contributed by atoms with E-state index in [4.69, 9.17) is 5.26 Å². The molecule has 0 aliphatic heterocycles. The topological polar surface area (TPSA) is 23.8 Å². The summed E-state index contributed by atoms with van der Waals surface area (Å²) in [7, 11) is 0. The van der Waals surface area contributed by atoms with Crippen LogP contribution in [0.3, 0.4) is 0 Å². The van der Waals surface area contributed by atoms with Gasteiger partial charge in [0.1, 0.15) is 0 Å². The van der Waals surface area contributed by atoms with Crippen molar-refractivity contribution in [1.29, 1.82) is 5.26 Å². The van der Waals surface area contributed by atoms with Gasteiger partial charge in [0.2, 0.25) is 0 Å². The van der Waals surface area contributed by atoms with Gasteiger partial charge >= 0.3 is 0 Å². The van der Waals surface area contributed by atoms with Crippen molar-refractivity contribution in [2.45, 2.75) is 13.3 Å². The van der Waals surface area contributed by atoms with Crippen molar-refractivity contribution < 1.29 is 0 Å². The predicted octanol–water partition coefficient (Wildman–Crippen LogP) is 1.17. The van der Waals surface area contributed by atoms with Crippen molar-refractivity contribution in [3.63, 3.8) is 0 Å². The monoisotopic (exact) mass is 81.1 g/mol. The standard InChI is InChI=1S/C5H7N/c1-4-2-5(4)3-6/h4-5H,2H2,1H3/t4-,5-/m1/s1. The molecule has 0 aromatic rings.